The van der Waals surface area contributed by atoms with E-state index in [0.717, 1.165) is 38.6 Å². The molecule has 0 aliphatic carbocycles. The molecular weight excluding hydrogens is 388 g/mol. The van der Waals surface area contributed by atoms with Gasteiger partial charge in [0, 0.05) is 6.61 Å². The third-order valence-corrected chi connectivity index (χ3v) is 6.60. The number of amides is 1. The molecule has 1 amide bonds. The lowest BCUT2D eigenvalue weighted by Crippen LogP contribution is -2.36. The maximum absolute atomic E-state index is 13.1. The quantitative estimate of drug-likeness (QED) is 0.257. The van der Waals surface area contributed by atoms with Gasteiger partial charge in [0.25, 0.3) is 0 Å². The molecule has 6 heteroatoms. The smallest absolute Gasteiger partial charge is 0.239 e. The topological polar surface area (TPSA) is 42.4 Å². The van der Waals surface area contributed by atoms with E-state index in [1.807, 2.05) is 24.3 Å². The van der Waals surface area contributed by atoms with Crippen molar-refractivity contribution in [3.63, 3.8) is 0 Å². The van der Waals surface area contributed by atoms with Crippen molar-refractivity contribution in [2.75, 3.05) is 24.0 Å². The van der Waals surface area contributed by atoms with Crippen molar-refractivity contribution in [3.05, 3.63) is 53.6 Å². The van der Waals surface area contributed by atoms with Crippen LogP contribution in [0.15, 0.2) is 46.8 Å². The molecule has 0 saturated carbocycles. The van der Waals surface area contributed by atoms with Crippen LogP contribution in [0.2, 0.25) is 0 Å². The van der Waals surface area contributed by atoms with Crippen LogP contribution in [0.5, 0.6) is 0 Å². The van der Waals surface area contributed by atoms with Crippen molar-refractivity contribution in [2.24, 2.45) is 0 Å². The van der Waals surface area contributed by atoms with Crippen molar-refractivity contribution in [1.29, 1.82) is 0 Å². The number of hydrogen-bond donors (Lipinski definition) is 0. The van der Waals surface area contributed by atoms with Gasteiger partial charge < -0.3 is 4.74 Å². The second-order valence-electron chi connectivity index (χ2n) is 6.53. The van der Waals surface area contributed by atoms with Crippen molar-refractivity contribution in [1.82, 2.24) is 4.98 Å². The number of aryl methyl sites for hydroxylation is 2. The van der Waals surface area contributed by atoms with Crippen LogP contribution in [0.1, 0.15) is 31.4 Å². The lowest BCUT2D eigenvalue weighted by atomic mass is 10.0. The normalized spacial score (nSPS) is 11.1. The molecule has 0 radical (unpaired) electrons. The first kappa shape index (κ1) is 20.8. The molecule has 0 saturated heterocycles. The van der Waals surface area contributed by atoms with E-state index >= 15 is 0 Å². The fourth-order valence-corrected chi connectivity index (χ4v) is 5.01. The highest BCUT2D eigenvalue weighted by atomic mass is 32.2. The number of carbonyl (C=O) groups excluding carboxylic acids is 1. The minimum atomic E-state index is 0.0457. The van der Waals surface area contributed by atoms with E-state index in [0.29, 0.717) is 12.4 Å². The number of carbonyl (C=O) groups is 1. The molecule has 3 rings (SSSR count). The molecule has 0 bridgehead atoms. The summed E-state index contributed by atoms with van der Waals surface area (Å²) < 4.78 is 7.82. The Hall–Kier alpha value is -1.89. The van der Waals surface area contributed by atoms with Crippen molar-refractivity contribution >= 4 is 44.9 Å². The van der Waals surface area contributed by atoms with E-state index in [1.54, 1.807) is 16.2 Å². The summed E-state index contributed by atoms with van der Waals surface area (Å²) in [6.45, 7) is 7.16. The highest BCUT2D eigenvalue weighted by molar-refractivity contribution is 8.01. The molecule has 0 N–H and O–H groups in total. The Morgan fingerprint density at radius 3 is 2.75 bits per heavy atom. The maximum atomic E-state index is 13.1. The van der Waals surface area contributed by atoms with Crippen LogP contribution in [-0.4, -0.2) is 30.0 Å². The SMILES string of the molecule is CCCOCN(C(=O)CSc1nc2ccccc2s1)c1c(C)cccc1CC. The second-order valence-corrected chi connectivity index (χ2v) is 8.78. The van der Waals surface area contributed by atoms with Gasteiger partial charge >= 0.3 is 0 Å². The monoisotopic (exact) mass is 414 g/mol. The number of thioether (sulfide) groups is 1. The molecule has 0 aliphatic heterocycles. The number of para-hydroxylation sites is 2. The Labute approximate surface area is 174 Å². The Balaban J connectivity index is 1.78. The number of rotatable bonds is 9. The van der Waals surface area contributed by atoms with Crippen LogP contribution in [0.3, 0.4) is 0 Å². The molecule has 3 aromatic rings. The van der Waals surface area contributed by atoms with Gasteiger partial charge in [0.05, 0.1) is 21.7 Å². The first-order valence-electron chi connectivity index (χ1n) is 9.59. The summed E-state index contributed by atoms with van der Waals surface area (Å²) in [5.74, 6) is 0.386. The van der Waals surface area contributed by atoms with Crippen LogP contribution < -0.4 is 4.90 Å². The first-order chi connectivity index (χ1) is 13.6. The Bertz CT molecular complexity index is 906. The first-order valence-corrected chi connectivity index (χ1v) is 11.4. The fraction of sp³-hybridized carbons (Fsp3) is 0.364. The standard InChI is InChI=1S/C22H26N2O2S2/c1-4-13-26-15-24(21-16(3)9-8-10-17(21)5-2)20(25)14-27-22-23-18-11-6-7-12-19(18)28-22/h6-12H,4-5,13-15H2,1-3H3. The zero-order valence-electron chi connectivity index (χ0n) is 16.6. The van der Waals surface area contributed by atoms with Gasteiger partial charge in [-0.1, -0.05) is 55.9 Å². The largest absolute Gasteiger partial charge is 0.361 e. The van der Waals surface area contributed by atoms with Crippen LogP contribution in [0.4, 0.5) is 5.69 Å². The van der Waals surface area contributed by atoms with Gasteiger partial charge in [-0.25, -0.2) is 4.98 Å². The lowest BCUT2D eigenvalue weighted by molar-refractivity contribution is -0.117. The van der Waals surface area contributed by atoms with E-state index in [4.69, 9.17) is 4.74 Å². The molecule has 1 heterocycles. The molecule has 0 aliphatic rings. The summed E-state index contributed by atoms with van der Waals surface area (Å²) in [5.41, 5.74) is 4.23. The van der Waals surface area contributed by atoms with Crippen LogP contribution in [0.25, 0.3) is 10.2 Å². The summed E-state index contributed by atoms with van der Waals surface area (Å²) >= 11 is 3.13. The zero-order chi connectivity index (χ0) is 19.9. The Morgan fingerprint density at radius 1 is 1.18 bits per heavy atom. The van der Waals surface area contributed by atoms with Crippen molar-refractivity contribution in [2.45, 2.75) is 38.0 Å². The minimum Gasteiger partial charge on any atom is -0.361 e. The van der Waals surface area contributed by atoms with Gasteiger partial charge in [-0.15, -0.1) is 11.3 Å². The summed E-state index contributed by atoms with van der Waals surface area (Å²) in [6.07, 6.45) is 1.80. The van der Waals surface area contributed by atoms with Crippen molar-refractivity contribution < 1.29 is 9.53 Å². The van der Waals surface area contributed by atoms with E-state index in [9.17, 15) is 4.79 Å². The number of ether oxygens (including phenoxy) is 1. The molecule has 4 nitrogen and oxygen atoms in total. The van der Waals surface area contributed by atoms with Crippen LogP contribution in [0, 0.1) is 6.92 Å². The second kappa shape index (κ2) is 10.0. The molecule has 0 fully saturated rings. The highest BCUT2D eigenvalue weighted by Crippen LogP contribution is 2.31. The molecule has 0 spiro atoms. The predicted octanol–water partition coefficient (Wildman–Crippen LogP) is 5.68. The number of thiazole rings is 1. The number of fused-ring (bicyclic) bond motifs is 1. The van der Waals surface area contributed by atoms with Gasteiger partial charge in [-0.05, 0) is 43.0 Å². The summed E-state index contributed by atoms with van der Waals surface area (Å²) in [7, 11) is 0. The van der Waals surface area contributed by atoms with E-state index in [2.05, 4.69) is 44.0 Å². The van der Waals surface area contributed by atoms with Gasteiger partial charge in [0.1, 0.15) is 6.73 Å². The summed E-state index contributed by atoms with van der Waals surface area (Å²) in [4.78, 5) is 19.6. The van der Waals surface area contributed by atoms with Gasteiger partial charge in [0.15, 0.2) is 4.34 Å². The maximum Gasteiger partial charge on any atom is 0.239 e. The molecule has 1 aromatic heterocycles. The minimum absolute atomic E-state index is 0.0457. The van der Waals surface area contributed by atoms with E-state index in [1.165, 1.54) is 17.3 Å². The fourth-order valence-electron chi connectivity index (χ4n) is 3.07. The van der Waals surface area contributed by atoms with Crippen molar-refractivity contribution in [3.8, 4) is 0 Å². The number of hydrogen-bond acceptors (Lipinski definition) is 5. The predicted molar refractivity (Wildman–Crippen MR) is 119 cm³/mol. The molecule has 0 atom stereocenters. The molecule has 148 valence electrons. The third kappa shape index (κ3) is 4.93. The third-order valence-electron chi connectivity index (χ3n) is 4.44. The van der Waals surface area contributed by atoms with E-state index < -0.39 is 0 Å². The summed E-state index contributed by atoms with van der Waals surface area (Å²) in [6, 6.07) is 14.2. The zero-order valence-corrected chi connectivity index (χ0v) is 18.2. The van der Waals surface area contributed by atoms with Crippen LogP contribution >= 0.6 is 23.1 Å². The van der Waals surface area contributed by atoms with E-state index in [-0.39, 0.29) is 12.6 Å². The van der Waals surface area contributed by atoms with Gasteiger partial charge in [-0.2, -0.15) is 0 Å². The van der Waals surface area contributed by atoms with Gasteiger partial charge in [0.2, 0.25) is 5.91 Å². The molecule has 0 unspecified atom stereocenters. The number of nitrogens with zero attached hydrogens (tertiary/aromatic N) is 2. The number of aromatic nitrogens is 1. The average Bonchev–Trinajstić information content (AvgIpc) is 3.13. The highest BCUT2D eigenvalue weighted by Gasteiger charge is 2.21. The number of anilines is 1. The summed E-state index contributed by atoms with van der Waals surface area (Å²) in [5, 5.41) is 0. The lowest BCUT2D eigenvalue weighted by Gasteiger charge is -2.26. The molecular formula is C22H26N2O2S2. The number of benzene rings is 2. The van der Waals surface area contributed by atoms with Crippen LogP contribution in [-0.2, 0) is 16.0 Å². The molecule has 28 heavy (non-hydrogen) atoms. The molecule has 2 aromatic carbocycles. The average molecular weight is 415 g/mol. The van der Waals surface area contributed by atoms with Gasteiger partial charge in [-0.3, -0.25) is 9.69 Å². The Morgan fingerprint density at radius 2 is 2.00 bits per heavy atom. The Kier molecular flexibility index (Phi) is 7.48.